The van der Waals surface area contributed by atoms with E-state index in [1.807, 2.05) is 0 Å². The molecule has 0 heteroatoms. The fourth-order valence-electron chi connectivity index (χ4n) is 1.64. The first-order valence-electron chi connectivity index (χ1n) is 4.68. The minimum Gasteiger partial charge on any atom is -0.0654 e. The van der Waals surface area contributed by atoms with Gasteiger partial charge in [-0.05, 0) is 37.5 Å². The Hall–Kier alpha value is 0. The molecule has 0 aliphatic heterocycles. The smallest absolute Gasteiger partial charge is 0.0357 e. The van der Waals surface area contributed by atoms with Gasteiger partial charge in [-0.1, -0.05) is 26.7 Å². The summed E-state index contributed by atoms with van der Waals surface area (Å²) in [4.78, 5) is 0. The summed E-state index contributed by atoms with van der Waals surface area (Å²) >= 11 is 0. The van der Waals surface area contributed by atoms with Gasteiger partial charge in [-0.15, -0.1) is 0 Å². The molecular formula is C10H19. The molecule has 1 saturated carbocycles. The molecule has 0 spiro atoms. The van der Waals surface area contributed by atoms with Gasteiger partial charge in [0.2, 0.25) is 0 Å². The molecule has 1 atom stereocenters. The van der Waals surface area contributed by atoms with Gasteiger partial charge in [0.1, 0.15) is 0 Å². The Kier molecular flexibility index (Phi) is 3.24. The van der Waals surface area contributed by atoms with Crippen LogP contribution in [-0.4, -0.2) is 0 Å². The number of unbranched alkanes of at least 4 members (excludes halogenated alkanes) is 1. The fourth-order valence-corrected chi connectivity index (χ4v) is 1.64. The summed E-state index contributed by atoms with van der Waals surface area (Å²) in [6, 6.07) is 0. The van der Waals surface area contributed by atoms with Crippen LogP contribution in [-0.2, 0) is 0 Å². The molecule has 0 heterocycles. The lowest BCUT2D eigenvalue weighted by Crippen LogP contribution is -2.01. The van der Waals surface area contributed by atoms with Crippen molar-refractivity contribution < 1.29 is 0 Å². The van der Waals surface area contributed by atoms with Gasteiger partial charge in [0, 0.05) is 0 Å². The first kappa shape index (κ1) is 8.10. The number of hydrogen-bond donors (Lipinski definition) is 0. The van der Waals surface area contributed by atoms with E-state index in [4.69, 9.17) is 0 Å². The summed E-state index contributed by atoms with van der Waals surface area (Å²) in [5.41, 5.74) is 0. The highest BCUT2D eigenvalue weighted by atomic mass is 14.3. The highest BCUT2D eigenvalue weighted by Crippen LogP contribution is 2.40. The molecule has 1 aliphatic carbocycles. The van der Waals surface area contributed by atoms with Gasteiger partial charge in [-0.25, -0.2) is 0 Å². The van der Waals surface area contributed by atoms with Crippen LogP contribution in [0, 0.1) is 18.3 Å². The fraction of sp³-hybridized carbons (Fsp3) is 0.900. The third kappa shape index (κ3) is 2.32. The quantitative estimate of drug-likeness (QED) is 0.547. The molecule has 1 unspecified atom stereocenters. The van der Waals surface area contributed by atoms with Crippen molar-refractivity contribution in [3.63, 3.8) is 0 Å². The van der Waals surface area contributed by atoms with E-state index in [1.165, 1.54) is 32.1 Å². The van der Waals surface area contributed by atoms with Gasteiger partial charge in [-0.2, -0.15) is 0 Å². The van der Waals surface area contributed by atoms with Crippen molar-refractivity contribution in [1.29, 1.82) is 0 Å². The average Bonchev–Trinajstić information content (AvgIpc) is 2.73. The molecule has 0 aromatic heterocycles. The van der Waals surface area contributed by atoms with Crippen molar-refractivity contribution in [2.45, 2.75) is 46.0 Å². The van der Waals surface area contributed by atoms with E-state index in [0.717, 1.165) is 11.8 Å². The molecule has 0 nitrogen and oxygen atoms in total. The van der Waals surface area contributed by atoms with E-state index in [0.29, 0.717) is 0 Å². The second kappa shape index (κ2) is 4.00. The zero-order valence-corrected chi connectivity index (χ0v) is 7.27. The lowest BCUT2D eigenvalue weighted by molar-refractivity contribution is 0.469. The second-order valence-electron chi connectivity index (χ2n) is 3.48. The van der Waals surface area contributed by atoms with Crippen molar-refractivity contribution in [1.82, 2.24) is 0 Å². The molecule has 1 aliphatic rings. The van der Waals surface area contributed by atoms with E-state index < -0.39 is 0 Å². The monoisotopic (exact) mass is 139 g/mol. The maximum absolute atomic E-state index is 2.41. The number of rotatable bonds is 5. The summed E-state index contributed by atoms with van der Waals surface area (Å²) < 4.78 is 0. The van der Waals surface area contributed by atoms with Crippen molar-refractivity contribution in [3.8, 4) is 0 Å². The summed E-state index contributed by atoms with van der Waals surface area (Å²) in [5.74, 6) is 2.04. The summed E-state index contributed by atoms with van der Waals surface area (Å²) in [6.45, 7) is 4.50. The van der Waals surface area contributed by atoms with Crippen LogP contribution >= 0.6 is 0 Å². The van der Waals surface area contributed by atoms with E-state index >= 15 is 0 Å². The topological polar surface area (TPSA) is 0 Å². The van der Waals surface area contributed by atoms with E-state index in [2.05, 4.69) is 20.3 Å². The van der Waals surface area contributed by atoms with Crippen molar-refractivity contribution in [2.75, 3.05) is 0 Å². The largest absolute Gasteiger partial charge is 0.0654 e. The second-order valence-corrected chi connectivity index (χ2v) is 3.48. The lowest BCUT2D eigenvalue weighted by atomic mass is 9.94. The maximum atomic E-state index is 2.41. The third-order valence-electron chi connectivity index (χ3n) is 2.55. The Morgan fingerprint density at radius 3 is 2.60 bits per heavy atom. The molecule has 0 aromatic rings. The first-order chi connectivity index (χ1) is 4.88. The molecule has 0 aromatic carbocycles. The molecule has 0 N–H and O–H groups in total. The minimum absolute atomic E-state index is 0.958. The van der Waals surface area contributed by atoms with Crippen LogP contribution < -0.4 is 0 Å². The Morgan fingerprint density at radius 2 is 2.20 bits per heavy atom. The molecular weight excluding hydrogens is 120 g/mol. The molecule has 1 radical (unpaired) electrons. The van der Waals surface area contributed by atoms with Crippen LogP contribution in [0.15, 0.2) is 0 Å². The summed E-state index contributed by atoms with van der Waals surface area (Å²) in [7, 11) is 0. The van der Waals surface area contributed by atoms with Gasteiger partial charge in [0.15, 0.2) is 0 Å². The van der Waals surface area contributed by atoms with Crippen LogP contribution in [0.4, 0.5) is 0 Å². The van der Waals surface area contributed by atoms with E-state index in [9.17, 15) is 0 Å². The normalized spacial score (nSPS) is 21.0. The Bertz CT molecular complexity index is 82.0. The Labute approximate surface area is 65.0 Å². The standard InChI is InChI=1S/C10H19/c1-3-5-6-9(4-2)10-7-8-10/h4,9-10H,3,5-8H2,1-2H3. The average molecular weight is 139 g/mol. The number of hydrogen-bond acceptors (Lipinski definition) is 0. The zero-order valence-electron chi connectivity index (χ0n) is 7.27. The van der Waals surface area contributed by atoms with Gasteiger partial charge in [-0.3, -0.25) is 0 Å². The highest BCUT2D eigenvalue weighted by Gasteiger charge is 2.28. The minimum atomic E-state index is 0.958. The Morgan fingerprint density at radius 1 is 1.50 bits per heavy atom. The van der Waals surface area contributed by atoms with Gasteiger partial charge < -0.3 is 0 Å². The molecule has 0 saturated heterocycles. The lowest BCUT2D eigenvalue weighted by Gasteiger charge is -2.11. The Balaban J connectivity index is 2.07. The van der Waals surface area contributed by atoms with Crippen LogP contribution in [0.25, 0.3) is 0 Å². The van der Waals surface area contributed by atoms with Crippen molar-refractivity contribution in [3.05, 3.63) is 6.42 Å². The zero-order chi connectivity index (χ0) is 7.40. The SMILES string of the molecule is C[CH]C(CCCC)C1CC1. The van der Waals surface area contributed by atoms with Crippen molar-refractivity contribution in [2.24, 2.45) is 11.8 Å². The third-order valence-corrected chi connectivity index (χ3v) is 2.55. The predicted octanol–water partition coefficient (Wildman–Crippen LogP) is 3.43. The van der Waals surface area contributed by atoms with Crippen LogP contribution in [0.1, 0.15) is 46.0 Å². The molecule has 1 fully saturated rings. The highest BCUT2D eigenvalue weighted by molar-refractivity contribution is 4.87. The molecule has 10 heavy (non-hydrogen) atoms. The van der Waals surface area contributed by atoms with E-state index in [-0.39, 0.29) is 0 Å². The summed E-state index contributed by atoms with van der Waals surface area (Å²) in [5, 5.41) is 0. The molecule has 0 amide bonds. The predicted molar refractivity (Wildman–Crippen MR) is 45.7 cm³/mol. The van der Waals surface area contributed by atoms with E-state index in [1.54, 1.807) is 0 Å². The van der Waals surface area contributed by atoms with Crippen LogP contribution in [0.5, 0.6) is 0 Å². The van der Waals surface area contributed by atoms with Gasteiger partial charge in [0.25, 0.3) is 0 Å². The van der Waals surface area contributed by atoms with Gasteiger partial charge in [0.05, 0.1) is 0 Å². The van der Waals surface area contributed by atoms with Crippen LogP contribution in [0.3, 0.4) is 0 Å². The molecule has 0 bridgehead atoms. The maximum Gasteiger partial charge on any atom is -0.0357 e. The molecule has 59 valence electrons. The molecule has 1 rings (SSSR count). The van der Waals surface area contributed by atoms with Crippen LogP contribution in [0.2, 0.25) is 0 Å². The van der Waals surface area contributed by atoms with Crippen molar-refractivity contribution >= 4 is 0 Å². The summed E-state index contributed by atoms with van der Waals surface area (Å²) in [6.07, 6.45) is 9.63. The first-order valence-corrected chi connectivity index (χ1v) is 4.68. The van der Waals surface area contributed by atoms with Gasteiger partial charge >= 0.3 is 0 Å².